The molecule has 1 aliphatic heterocycles. The van der Waals surface area contributed by atoms with Gasteiger partial charge in [-0.1, -0.05) is 29.8 Å². The zero-order chi connectivity index (χ0) is 23.1. The number of nitrogens with zero attached hydrogens (tertiary/aromatic N) is 3. The molecule has 0 aromatic heterocycles. The number of hydrogen-bond acceptors (Lipinski definition) is 4. The predicted molar refractivity (Wildman–Crippen MR) is 123 cm³/mol. The van der Waals surface area contributed by atoms with Crippen LogP contribution in [0, 0.1) is 5.82 Å². The van der Waals surface area contributed by atoms with Crippen LogP contribution >= 0.6 is 11.6 Å². The molecule has 1 N–H and O–H groups in total. The molecular formula is C23H28ClFN4O3. The number of benzene rings is 2. The lowest BCUT2D eigenvalue weighted by Crippen LogP contribution is -2.52. The van der Waals surface area contributed by atoms with Gasteiger partial charge in [-0.05, 0) is 44.4 Å². The van der Waals surface area contributed by atoms with Crippen molar-refractivity contribution in [1.29, 1.82) is 0 Å². The number of anilines is 1. The highest BCUT2D eigenvalue weighted by molar-refractivity contribution is 6.30. The lowest BCUT2D eigenvalue weighted by atomic mass is 10.1. The summed E-state index contributed by atoms with van der Waals surface area (Å²) in [6.45, 7) is 2.38. The van der Waals surface area contributed by atoms with Crippen molar-refractivity contribution in [2.75, 3.05) is 58.7 Å². The molecule has 3 amide bonds. The number of ether oxygens (including phenoxy) is 1. The van der Waals surface area contributed by atoms with E-state index in [0.29, 0.717) is 43.5 Å². The molecule has 1 atom stereocenters. The van der Waals surface area contributed by atoms with Gasteiger partial charge in [0.05, 0.1) is 24.8 Å². The third-order valence-corrected chi connectivity index (χ3v) is 5.37. The Balaban J connectivity index is 1.66. The van der Waals surface area contributed by atoms with E-state index in [1.807, 2.05) is 19.0 Å². The van der Waals surface area contributed by atoms with Gasteiger partial charge in [0, 0.05) is 36.9 Å². The maximum absolute atomic E-state index is 14.2. The van der Waals surface area contributed by atoms with Crippen LogP contribution in [0.4, 0.5) is 14.9 Å². The van der Waals surface area contributed by atoms with E-state index in [-0.39, 0.29) is 24.2 Å². The van der Waals surface area contributed by atoms with E-state index >= 15 is 0 Å². The molecule has 3 rings (SSSR count). The van der Waals surface area contributed by atoms with E-state index in [1.165, 1.54) is 12.1 Å². The first-order valence-corrected chi connectivity index (χ1v) is 10.8. The van der Waals surface area contributed by atoms with Crippen molar-refractivity contribution in [2.24, 2.45) is 0 Å². The van der Waals surface area contributed by atoms with Gasteiger partial charge in [-0.3, -0.25) is 4.79 Å². The molecule has 0 saturated carbocycles. The average Bonchev–Trinajstić information content (AvgIpc) is 2.76. The second-order valence-corrected chi connectivity index (χ2v) is 8.35. The molecule has 0 bridgehead atoms. The first kappa shape index (κ1) is 24.0. The van der Waals surface area contributed by atoms with Crippen molar-refractivity contribution < 1.29 is 18.7 Å². The van der Waals surface area contributed by atoms with Crippen molar-refractivity contribution in [3.63, 3.8) is 0 Å². The molecule has 1 heterocycles. The summed E-state index contributed by atoms with van der Waals surface area (Å²) >= 11 is 5.99. The Hall–Kier alpha value is -2.68. The molecule has 1 saturated heterocycles. The van der Waals surface area contributed by atoms with E-state index < -0.39 is 11.7 Å². The Bertz CT molecular complexity index is 943. The number of rotatable bonds is 7. The number of hydrogen-bond donors (Lipinski definition) is 1. The number of urea groups is 1. The zero-order valence-corrected chi connectivity index (χ0v) is 19.0. The Morgan fingerprint density at radius 2 is 1.97 bits per heavy atom. The highest BCUT2D eigenvalue weighted by Gasteiger charge is 2.28. The van der Waals surface area contributed by atoms with Crippen LogP contribution in [-0.4, -0.2) is 86.2 Å². The van der Waals surface area contributed by atoms with Crippen LogP contribution in [0.5, 0.6) is 0 Å². The normalized spacial score (nSPS) is 16.2. The van der Waals surface area contributed by atoms with E-state index in [2.05, 4.69) is 5.32 Å². The molecule has 172 valence electrons. The average molecular weight is 463 g/mol. The number of morpholine rings is 1. The van der Waals surface area contributed by atoms with Crippen molar-refractivity contribution in [3.05, 3.63) is 64.9 Å². The van der Waals surface area contributed by atoms with Gasteiger partial charge in [0.1, 0.15) is 5.82 Å². The summed E-state index contributed by atoms with van der Waals surface area (Å²) in [5.41, 5.74) is 0.630. The first-order valence-electron chi connectivity index (χ1n) is 10.4. The number of amides is 3. The van der Waals surface area contributed by atoms with Gasteiger partial charge in [0.15, 0.2) is 0 Å². The highest BCUT2D eigenvalue weighted by Crippen LogP contribution is 2.17. The molecule has 0 aliphatic carbocycles. The van der Waals surface area contributed by atoms with Crippen LogP contribution in [0.3, 0.4) is 0 Å². The van der Waals surface area contributed by atoms with Crippen molar-refractivity contribution in [1.82, 2.24) is 14.7 Å². The van der Waals surface area contributed by atoms with Gasteiger partial charge in [0.25, 0.3) is 5.91 Å². The largest absolute Gasteiger partial charge is 0.373 e. The van der Waals surface area contributed by atoms with Gasteiger partial charge in [-0.15, -0.1) is 0 Å². The molecule has 1 fully saturated rings. The summed E-state index contributed by atoms with van der Waals surface area (Å²) in [6.07, 6.45) is -0.383. The number of likely N-dealkylation sites (N-methyl/N-ethyl adjacent to an activating group) is 1. The van der Waals surface area contributed by atoms with E-state index in [1.54, 1.807) is 46.2 Å². The van der Waals surface area contributed by atoms with Crippen LogP contribution < -0.4 is 5.32 Å². The van der Waals surface area contributed by atoms with E-state index in [9.17, 15) is 14.0 Å². The lowest BCUT2D eigenvalue weighted by molar-refractivity contribution is -0.0266. The molecule has 2 aromatic carbocycles. The highest BCUT2D eigenvalue weighted by atomic mass is 35.5. The third kappa shape index (κ3) is 6.66. The molecule has 1 aliphatic rings. The number of carbonyl (C=O) groups is 2. The smallest absolute Gasteiger partial charge is 0.322 e. The molecule has 7 nitrogen and oxygen atoms in total. The van der Waals surface area contributed by atoms with Gasteiger partial charge in [0.2, 0.25) is 0 Å². The molecule has 0 spiro atoms. The Morgan fingerprint density at radius 3 is 2.69 bits per heavy atom. The predicted octanol–water partition coefficient (Wildman–Crippen LogP) is 3.42. The summed E-state index contributed by atoms with van der Waals surface area (Å²) < 4.78 is 20.1. The van der Waals surface area contributed by atoms with Crippen LogP contribution in [0.2, 0.25) is 5.02 Å². The molecule has 2 aromatic rings. The van der Waals surface area contributed by atoms with E-state index in [4.69, 9.17) is 16.3 Å². The summed E-state index contributed by atoms with van der Waals surface area (Å²) in [7, 11) is 3.82. The third-order valence-electron chi connectivity index (χ3n) is 5.13. The van der Waals surface area contributed by atoms with Crippen LogP contribution in [-0.2, 0) is 4.74 Å². The first-order chi connectivity index (χ1) is 15.3. The minimum Gasteiger partial charge on any atom is -0.373 e. The van der Waals surface area contributed by atoms with Crippen LogP contribution in [0.15, 0.2) is 48.5 Å². The summed E-state index contributed by atoms with van der Waals surface area (Å²) in [4.78, 5) is 30.9. The maximum Gasteiger partial charge on any atom is 0.322 e. The van der Waals surface area contributed by atoms with Gasteiger partial charge in [-0.2, -0.15) is 0 Å². The maximum atomic E-state index is 14.2. The van der Waals surface area contributed by atoms with E-state index in [0.717, 1.165) is 0 Å². The summed E-state index contributed by atoms with van der Waals surface area (Å²) in [6, 6.07) is 12.6. The molecule has 9 heteroatoms. The fraction of sp³-hybridized carbons (Fsp3) is 0.391. The van der Waals surface area contributed by atoms with Crippen LogP contribution in [0.25, 0.3) is 0 Å². The summed E-state index contributed by atoms with van der Waals surface area (Å²) in [5.74, 6) is -0.950. The Kier molecular flexibility index (Phi) is 8.44. The SMILES string of the molecule is CN(C)CCN(CC1CN(C(=O)Nc2cccc(Cl)c2)CCO1)C(=O)c1ccccc1F. The topological polar surface area (TPSA) is 65.1 Å². The Morgan fingerprint density at radius 1 is 1.19 bits per heavy atom. The quantitative estimate of drug-likeness (QED) is 0.684. The monoisotopic (exact) mass is 462 g/mol. The van der Waals surface area contributed by atoms with Crippen molar-refractivity contribution >= 4 is 29.2 Å². The fourth-order valence-corrected chi connectivity index (χ4v) is 3.62. The second kappa shape index (κ2) is 11.3. The Labute approximate surface area is 192 Å². The van der Waals surface area contributed by atoms with Crippen LogP contribution in [0.1, 0.15) is 10.4 Å². The zero-order valence-electron chi connectivity index (χ0n) is 18.3. The van der Waals surface area contributed by atoms with Gasteiger partial charge in [-0.25, -0.2) is 9.18 Å². The number of nitrogens with one attached hydrogen (secondary N) is 1. The van der Waals surface area contributed by atoms with Crippen molar-refractivity contribution in [2.45, 2.75) is 6.10 Å². The molecular weight excluding hydrogens is 435 g/mol. The van der Waals surface area contributed by atoms with Gasteiger partial charge < -0.3 is 24.8 Å². The second-order valence-electron chi connectivity index (χ2n) is 7.91. The molecule has 0 radical (unpaired) electrons. The molecule has 32 heavy (non-hydrogen) atoms. The minimum absolute atomic E-state index is 0.0256. The van der Waals surface area contributed by atoms with Gasteiger partial charge >= 0.3 is 6.03 Å². The minimum atomic E-state index is -0.556. The number of halogens is 2. The fourth-order valence-electron chi connectivity index (χ4n) is 3.43. The van der Waals surface area contributed by atoms with Crippen molar-refractivity contribution in [3.8, 4) is 0 Å². The standard InChI is InChI=1S/C23H28ClFN4O3/c1-27(2)10-11-28(22(30)20-8-3-4-9-21(20)25)15-19-16-29(12-13-32-19)23(31)26-18-7-5-6-17(24)14-18/h3-9,14,19H,10-13,15-16H2,1-2H3,(H,26,31). The lowest BCUT2D eigenvalue weighted by Gasteiger charge is -2.36. The number of carbonyl (C=O) groups excluding carboxylic acids is 2. The molecule has 1 unspecified atom stereocenters. The summed E-state index contributed by atoms with van der Waals surface area (Å²) in [5, 5.41) is 3.37.